The van der Waals surface area contributed by atoms with E-state index < -0.39 is 0 Å². The lowest BCUT2D eigenvalue weighted by Gasteiger charge is -2.31. The number of fused-ring (bicyclic) bond motifs is 1. The summed E-state index contributed by atoms with van der Waals surface area (Å²) in [7, 11) is 0. The first-order valence-electron chi connectivity index (χ1n) is 7.68. The third-order valence-electron chi connectivity index (χ3n) is 4.16. The second-order valence-electron chi connectivity index (χ2n) is 5.71. The Hall–Kier alpha value is -1.46. The van der Waals surface area contributed by atoms with Gasteiger partial charge in [0.15, 0.2) is 5.01 Å². The lowest BCUT2D eigenvalue weighted by molar-refractivity contribution is -0.935. The molecule has 1 aliphatic rings. The summed E-state index contributed by atoms with van der Waals surface area (Å²) in [4.78, 5) is 17.4. The van der Waals surface area contributed by atoms with Gasteiger partial charge in [-0.15, -0.1) is 11.3 Å². The molecular formula is C16H22N3OS+. The number of nitrogens with one attached hydrogen (secondary N) is 2. The molecule has 0 saturated carbocycles. The molecule has 1 fully saturated rings. The maximum Gasteiger partial charge on any atom is 0.217 e. The number of nitrogens with zero attached hydrogens (tertiary/aromatic N) is 1. The molecule has 21 heavy (non-hydrogen) atoms. The van der Waals surface area contributed by atoms with Crippen LogP contribution in [0, 0.1) is 0 Å². The third kappa shape index (κ3) is 3.41. The number of para-hydroxylation sites is 1. The van der Waals surface area contributed by atoms with Crippen LogP contribution in [0.25, 0.3) is 10.2 Å². The van der Waals surface area contributed by atoms with Crippen LogP contribution in [0.3, 0.4) is 0 Å². The topological polar surface area (TPSA) is 46.4 Å². The summed E-state index contributed by atoms with van der Waals surface area (Å²) in [6, 6.07) is 8.86. The van der Waals surface area contributed by atoms with Crippen molar-refractivity contribution in [3.05, 3.63) is 29.3 Å². The molecule has 0 radical (unpaired) electrons. The molecular weight excluding hydrogens is 282 g/mol. The van der Waals surface area contributed by atoms with Gasteiger partial charge >= 0.3 is 0 Å². The smallest absolute Gasteiger partial charge is 0.217 e. The molecule has 2 heterocycles. The minimum atomic E-state index is 0.0583. The lowest BCUT2D eigenvalue weighted by atomic mass is 10.0. The van der Waals surface area contributed by atoms with Crippen LogP contribution >= 0.6 is 11.3 Å². The molecule has 1 aliphatic heterocycles. The molecule has 1 saturated heterocycles. The van der Waals surface area contributed by atoms with Crippen molar-refractivity contribution in [3.8, 4) is 0 Å². The summed E-state index contributed by atoms with van der Waals surface area (Å²) in [6.45, 7) is 4.50. The monoisotopic (exact) mass is 304 g/mol. The summed E-state index contributed by atoms with van der Waals surface area (Å²) in [5.74, 6) is 0.0583. The molecule has 2 aromatic rings. The number of thiazole rings is 1. The standard InChI is InChI=1S/C16H21N3OS/c1-12(20)17-9-11-19-10-5-4-7-14(19)16-18-13-6-2-3-8-15(13)21-16/h2-3,6,8,14H,4-5,7,9-11H2,1H3,(H,17,20)/p+1/t14-/m0/s1. The number of benzene rings is 1. The quantitative estimate of drug-likeness (QED) is 0.900. The van der Waals surface area contributed by atoms with Crippen molar-refractivity contribution in [1.29, 1.82) is 0 Å². The van der Waals surface area contributed by atoms with Crippen molar-refractivity contribution in [2.45, 2.75) is 32.2 Å². The first kappa shape index (κ1) is 14.5. The lowest BCUT2D eigenvalue weighted by Crippen LogP contribution is -3.13. The Balaban J connectivity index is 1.75. The van der Waals surface area contributed by atoms with E-state index in [1.807, 2.05) is 17.4 Å². The SMILES string of the molecule is CC(=O)NCC[NH+]1CCCC[C@H]1c1nc2ccccc2s1. The van der Waals surface area contributed by atoms with Crippen LogP contribution in [0.4, 0.5) is 0 Å². The predicted octanol–water partition coefficient (Wildman–Crippen LogP) is 1.54. The van der Waals surface area contributed by atoms with Crippen LogP contribution in [0.15, 0.2) is 24.3 Å². The van der Waals surface area contributed by atoms with Crippen LogP contribution in [0.1, 0.15) is 37.2 Å². The molecule has 2 atom stereocenters. The maximum absolute atomic E-state index is 11.0. The number of likely N-dealkylation sites (tertiary alicyclic amines) is 1. The molecule has 4 nitrogen and oxygen atoms in total. The Morgan fingerprint density at radius 3 is 3.10 bits per heavy atom. The van der Waals surface area contributed by atoms with E-state index in [1.54, 1.807) is 11.8 Å². The van der Waals surface area contributed by atoms with Gasteiger partial charge in [-0.2, -0.15) is 0 Å². The van der Waals surface area contributed by atoms with E-state index in [0.29, 0.717) is 6.04 Å². The van der Waals surface area contributed by atoms with Gasteiger partial charge in [0.25, 0.3) is 0 Å². The number of hydrogen-bond donors (Lipinski definition) is 2. The number of quaternary nitrogens is 1. The van der Waals surface area contributed by atoms with Gasteiger partial charge in [0.2, 0.25) is 5.91 Å². The number of piperidine rings is 1. The van der Waals surface area contributed by atoms with Crippen LogP contribution < -0.4 is 10.2 Å². The Labute approximate surface area is 129 Å². The van der Waals surface area contributed by atoms with Crippen molar-refractivity contribution in [2.24, 2.45) is 0 Å². The van der Waals surface area contributed by atoms with Gasteiger partial charge in [-0.05, 0) is 25.0 Å². The Bertz CT molecular complexity index is 592. The molecule has 5 heteroatoms. The summed E-state index contributed by atoms with van der Waals surface area (Å²) in [5, 5.41) is 4.17. The minimum Gasteiger partial charge on any atom is -0.351 e. The van der Waals surface area contributed by atoms with E-state index in [0.717, 1.165) is 18.6 Å². The minimum absolute atomic E-state index is 0.0583. The highest BCUT2D eigenvalue weighted by Crippen LogP contribution is 2.28. The van der Waals surface area contributed by atoms with Crippen molar-refractivity contribution in [3.63, 3.8) is 0 Å². The van der Waals surface area contributed by atoms with Gasteiger partial charge in [0.05, 0.1) is 29.9 Å². The predicted molar refractivity (Wildman–Crippen MR) is 85.6 cm³/mol. The van der Waals surface area contributed by atoms with Gasteiger partial charge in [-0.1, -0.05) is 12.1 Å². The van der Waals surface area contributed by atoms with Crippen LogP contribution in [-0.4, -0.2) is 30.5 Å². The van der Waals surface area contributed by atoms with E-state index in [4.69, 9.17) is 4.98 Å². The number of rotatable bonds is 4. The Morgan fingerprint density at radius 1 is 1.43 bits per heavy atom. The first-order chi connectivity index (χ1) is 10.2. The zero-order valence-corrected chi connectivity index (χ0v) is 13.2. The van der Waals surface area contributed by atoms with Gasteiger partial charge in [-0.25, -0.2) is 4.98 Å². The highest BCUT2D eigenvalue weighted by molar-refractivity contribution is 7.18. The fourth-order valence-electron chi connectivity index (χ4n) is 3.11. The van der Waals surface area contributed by atoms with E-state index in [1.165, 1.54) is 35.5 Å². The fourth-order valence-corrected chi connectivity index (χ4v) is 4.28. The normalized spacial score (nSPS) is 22.3. The molecule has 0 aliphatic carbocycles. The van der Waals surface area contributed by atoms with E-state index in [-0.39, 0.29) is 5.91 Å². The van der Waals surface area contributed by atoms with Gasteiger partial charge in [0, 0.05) is 13.3 Å². The molecule has 112 valence electrons. The van der Waals surface area contributed by atoms with Crippen molar-refractivity contribution in [2.75, 3.05) is 19.6 Å². The summed E-state index contributed by atoms with van der Waals surface area (Å²) >= 11 is 1.83. The molecule has 1 aromatic carbocycles. The zero-order valence-electron chi connectivity index (χ0n) is 12.4. The molecule has 1 unspecified atom stereocenters. The Kier molecular flexibility index (Phi) is 4.51. The van der Waals surface area contributed by atoms with E-state index in [9.17, 15) is 4.79 Å². The van der Waals surface area contributed by atoms with Crippen LogP contribution in [0.2, 0.25) is 0 Å². The second-order valence-corrected chi connectivity index (χ2v) is 6.77. The van der Waals surface area contributed by atoms with Crippen molar-refractivity contribution >= 4 is 27.5 Å². The van der Waals surface area contributed by atoms with Crippen LogP contribution in [-0.2, 0) is 4.79 Å². The van der Waals surface area contributed by atoms with E-state index in [2.05, 4.69) is 23.5 Å². The van der Waals surface area contributed by atoms with Crippen LogP contribution in [0.5, 0.6) is 0 Å². The average molecular weight is 304 g/mol. The zero-order chi connectivity index (χ0) is 14.7. The van der Waals surface area contributed by atoms with Gasteiger partial charge in [0.1, 0.15) is 6.04 Å². The largest absolute Gasteiger partial charge is 0.351 e. The summed E-state index contributed by atoms with van der Waals surface area (Å²) < 4.78 is 1.28. The van der Waals surface area contributed by atoms with Gasteiger partial charge < -0.3 is 10.2 Å². The molecule has 3 rings (SSSR count). The number of carbonyl (C=O) groups is 1. The number of aromatic nitrogens is 1. The maximum atomic E-state index is 11.0. The van der Waals surface area contributed by atoms with Crippen molar-refractivity contribution < 1.29 is 9.69 Å². The highest BCUT2D eigenvalue weighted by Gasteiger charge is 2.29. The summed E-state index contributed by atoms with van der Waals surface area (Å²) in [5.41, 5.74) is 1.12. The summed E-state index contributed by atoms with van der Waals surface area (Å²) in [6.07, 6.45) is 3.76. The van der Waals surface area contributed by atoms with Crippen molar-refractivity contribution in [1.82, 2.24) is 10.3 Å². The molecule has 1 amide bonds. The molecule has 2 N–H and O–H groups in total. The molecule has 0 spiro atoms. The fraction of sp³-hybridized carbons (Fsp3) is 0.500. The second kappa shape index (κ2) is 6.54. The van der Waals surface area contributed by atoms with E-state index >= 15 is 0 Å². The Morgan fingerprint density at radius 2 is 2.29 bits per heavy atom. The number of amides is 1. The molecule has 0 bridgehead atoms. The average Bonchev–Trinajstić information content (AvgIpc) is 2.91. The highest BCUT2D eigenvalue weighted by atomic mass is 32.1. The molecule has 1 aromatic heterocycles. The first-order valence-corrected chi connectivity index (χ1v) is 8.50. The number of hydrogen-bond acceptors (Lipinski definition) is 3. The van der Waals surface area contributed by atoms with Gasteiger partial charge in [-0.3, -0.25) is 4.79 Å². The third-order valence-corrected chi connectivity index (χ3v) is 5.31. The number of carbonyl (C=O) groups excluding carboxylic acids is 1.